The smallest absolute Gasteiger partial charge is 0.197 e. The summed E-state index contributed by atoms with van der Waals surface area (Å²) in [7, 11) is 0. The fourth-order valence-electron chi connectivity index (χ4n) is 2.00. The fraction of sp³-hybridized carbons (Fsp3) is 0.750. The fourth-order valence-corrected chi connectivity index (χ4v) is 2.64. The Morgan fingerprint density at radius 1 is 1.61 bits per heavy atom. The Balaban J connectivity index is 2.00. The van der Waals surface area contributed by atoms with Crippen LogP contribution in [0.5, 0.6) is 5.75 Å². The summed E-state index contributed by atoms with van der Waals surface area (Å²) in [5.41, 5.74) is 5.72. The van der Waals surface area contributed by atoms with Crippen molar-refractivity contribution in [3.05, 3.63) is 0 Å². The molecule has 0 bridgehead atoms. The Bertz CT molecular complexity index is 400. The minimum atomic E-state index is -0.0894. The SMILES string of the molecule is CC(C)Oc1c(N)nsc1NCC1(C)CCCO1. The molecule has 1 aromatic rings. The van der Waals surface area contributed by atoms with Gasteiger partial charge in [0, 0.05) is 13.2 Å². The molecule has 1 aromatic heterocycles. The minimum absolute atomic E-state index is 0.0857. The molecule has 0 saturated carbocycles. The lowest BCUT2D eigenvalue weighted by atomic mass is 10.0. The van der Waals surface area contributed by atoms with Crippen molar-refractivity contribution in [2.45, 2.75) is 45.3 Å². The third-order valence-electron chi connectivity index (χ3n) is 2.95. The van der Waals surface area contributed by atoms with Gasteiger partial charge in [-0.1, -0.05) is 0 Å². The molecule has 1 aliphatic rings. The Morgan fingerprint density at radius 3 is 3.00 bits per heavy atom. The third-order valence-corrected chi connectivity index (χ3v) is 3.75. The van der Waals surface area contributed by atoms with Crippen molar-refractivity contribution in [1.29, 1.82) is 0 Å². The molecule has 2 rings (SSSR count). The number of ether oxygens (including phenoxy) is 2. The molecule has 102 valence electrons. The van der Waals surface area contributed by atoms with Crippen molar-refractivity contribution in [2.75, 3.05) is 24.2 Å². The maximum Gasteiger partial charge on any atom is 0.197 e. The second-order valence-electron chi connectivity index (χ2n) is 5.15. The highest BCUT2D eigenvalue weighted by atomic mass is 32.1. The second kappa shape index (κ2) is 5.32. The molecule has 3 N–H and O–H groups in total. The van der Waals surface area contributed by atoms with E-state index in [1.165, 1.54) is 11.5 Å². The predicted molar refractivity (Wildman–Crippen MR) is 74.4 cm³/mol. The van der Waals surface area contributed by atoms with Gasteiger partial charge in [0.15, 0.2) is 16.6 Å². The van der Waals surface area contributed by atoms with Crippen LogP contribution in [0.2, 0.25) is 0 Å². The van der Waals surface area contributed by atoms with E-state index in [0.717, 1.165) is 31.0 Å². The molecule has 1 aliphatic heterocycles. The van der Waals surface area contributed by atoms with Crippen LogP contribution in [0.25, 0.3) is 0 Å². The van der Waals surface area contributed by atoms with Gasteiger partial charge in [-0.2, -0.15) is 4.37 Å². The Hall–Kier alpha value is -1.01. The Kier molecular flexibility index (Phi) is 3.97. The maximum atomic E-state index is 5.81. The van der Waals surface area contributed by atoms with Crippen molar-refractivity contribution in [2.24, 2.45) is 0 Å². The lowest BCUT2D eigenvalue weighted by molar-refractivity contribution is 0.0315. The molecule has 1 unspecified atom stereocenters. The van der Waals surface area contributed by atoms with Gasteiger partial charge < -0.3 is 20.5 Å². The van der Waals surface area contributed by atoms with Crippen molar-refractivity contribution in [3.63, 3.8) is 0 Å². The van der Waals surface area contributed by atoms with Crippen molar-refractivity contribution >= 4 is 22.4 Å². The largest absolute Gasteiger partial charge is 0.484 e. The first-order chi connectivity index (χ1) is 8.50. The molecule has 0 radical (unpaired) electrons. The topological polar surface area (TPSA) is 69.4 Å². The number of nitrogens with two attached hydrogens (primary N) is 1. The second-order valence-corrected chi connectivity index (χ2v) is 5.92. The molecule has 0 amide bonds. The molecule has 18 heavy (non-hydrogen) atoms. The summed E-state index contributed by atoms with van der Waals surface area (Å²) in [6.45, 7) is 7.67. The van der Waals surface area contributed by atoms with Crippen LogP contribution < -0.4 is 15.8 Å². The summed E-state index contributed by atoms with van der Waals surface area (Å²) in [4.78, 5) is 0. The van der Waals surface area contributed by atoms with E-state index >= 15 is 0 Å². The van der Waals surface area contributed by atoms with Crippen LogP contribution in [-0.4, -0.2) is 29.2 Å². The number of aromatic nitrogens is 1. The van der Waals surface area contributed by atoms with Crippen LogP contribution in [0.4, 0.5) is 10.8 Å². The highest BCUT2D eigenvalue weighted by molar-refractivity contribution is 7.11. The molecule has 1 saturated heterocycles. The summed E-state index contributed by atoms with van der Waals surface area (Å²) in [6, 6.07) is 0. The first kappa shape index (κ1) is 13.4. The molecule has 0 aromatic carbocycles. The molecular formula is C12H21N3O2S. The van der Waals surface area contributed by atoms with E-state index in [2.05, 4.69) is 16.6 Å². The summed E-state index contributed by atoms with van der Waals surface area (Å²) < 4.78 is 15.6. The van der Waals surface area contributed by atoms with E-state index in [-0.39, 0.29) is 11.7 Å². The molecule has 2 heterocycles. The standard InChI is InChI=1S/C12H21N3O2S/c1-8(2)17-9-10(13)15-18-11(9)14-7-12(3)5-4-6-16-12/h8,14H,4-7H2,1-3H3,(H2,13,15). The van der Waals surface area contributed by atoms with Gasteiger partial charge in [-0.05, 0) is 45.1 Å². The lowest BCUT2D eigenvalue weighted by Crippen LogP contribution is -2.32. The summed E-state index contributed by atoms with van der Waals surface area (Å²) in [6.07, 6.45) is 2.29. The van der Waals surface area contributed by atoms with Crippen LogP contribution in [0.3, 0.4) is 0 Å². The van der Waals surface area contributed by atoms with E-state index in [1.54, 1.807) is 0 Å². The van der Waals surface area contributed by atoms with Crippen molar-refractivity contribution in [1.82, 2.24) is 4.37 Å². The third kappa shape index (κ3) is 3.05. The van der Waals surface area contributed by atoms with Crippen LogP contribution in [0, 0.1) is 0 Å². The predicted octanol–water partition coefficient (Wildman–Crippen LogP) is 2.49. The number of nitrogens with one attached hydrogen (secondary N) is 1. The van der Waals surface area contributed by atoms with E-state index in [1.807, 2.05) is 13.8 Å². The van der Waals surface area contributed by atoms with E-state index in [0.29, 0.717) is 11.6 Å². The number of nitrogen functional groups attached to an aromatic ring is 1. The Labute approximate surface area is 112 Å². The van der Waals surface area contributed by atoms with Crippen LogP contribution >= 0.6 is 11.5 Å². The zero-order valence-electron chi connectivity index (χ0n) is 11.2. The van der Waals surface area contributed by atoms with Gasteiger partial charge in [0.1, 0.15) is 0 Å². The summed E-state index contributed by atoms with van der Waals surface area (Å²) in [5.74, 6) is 1.12. The molecule has 6 heteroatoms. The van der Waals surface area contributed by atoms with Gasteiger partial charge in [-0.15, -0.1) is 0 Å². The number of rotatable bonds is 5. The quantitative estimate of drug-likeness (QED) is 0.861. The average molecular weight is 271 g/mol. The van der Waals surface area contributed by atoms with Gasteiger partial charge >= 0.3 is 0 Å². The molecule has 0 spiro atoms. The van der Waals surface area contributed by atoms with Crippen LogP contribution in [0.15, 0.2) is 0 Å². The van der Waals surface area contributed by atoms with Crippen molar-refractivity contribution in [3.8, 4) is 5.75 Å². The first-order valence-corrected chi connectivity index (χ1v) is 7.07. The molecule has 0 aliphatic carbocycles. The first-order valence-electron chi connectivity index (χ1n) is 6.30. The summed E-state index contributed by atoms with van der Waals surface area (Å²) in [5, 5.41) is 4.23. The zero-order chi connectivity index (χ0) is 13.2. The monoisotopic (exact) mass is 271 g/mol. The number of nitrogens with zero attached hydrogens (tertiary/aromatic N) is 1. The van der Waals surface area contributed by atoms with Gasteiger partial charge in [-0.25, -0.2) is 0 Å². The summed E-state index contributed by atoms with van der Waals surface area (Å²) >= 11 is 1.33. The van der Waals surface area contributed by atoms with E-state index < -0.39 is 0 Å². The molecule has 1 fully saturated rings. The van der Waals surface area contributed by atoms with Crippen molar-refractivity contribution < 1.29 is 9.47 Å². The number of hydrogen-bond acceptors (Lipinski definition) is 6. The molecule has 5 nitrogen and oxygen atoms in total. The molecule has 1 atom stereocenters. The normalized spacial score (nSPS) is 23.6. The Morgan fingerprint density at radius 2 is 2.39 bits per heavy atom. The highest BCUT2D eigenvalue weighted by Gasteiger charge is 2.30. The van der Waals surface area contributed by atoms with Gasteiger partial charge in [0.2, 0.25) is 0 Å². The van der Waals surface area contributed by atoms with E-state index in [4.69, 9.17) is 15.2 Å². The van der Waals surface area contributed by atoms with Crippen LogP contribution in [-0.2, 0) is 4.74 Å². The number of anilines is 2. The highest BCUT2D eigenvalue weighted by Crippen LogP contribution is 2.37. The zero-order valence-corrected chi connectivity index (χ0v) is 12.0. The molecular weight excluding hydrogens is 250 g/mol. The van der Waals surface area contributed by atoms with E-state index in [9.17, 15) is 0 Å². The van der Waals surface area contributed by atoms with Gasteiger partial charge in [0.05, 0.1) is 11.7 Å². The van der Waals surface area contributed by atoms with Gasteiger partial charge in [0.25, 0.3) is 0 Å². The van der Waals surface area contributed by atoms with Gasteiger partial charge in [-0.3, -0.25) is 0 Å². The average Bonchev–Trinajstić information content (AvgIpc) is 2.86. The number of hydrogen-bond donors (Lipinski definition) is 2. The maximum absolute atomic E-state index is 5.81. The lowest BCUT2D eigenvalue weighted by Gasteiger charge is -2.23. The van der Waals surface area contributed by atoms with Crippen LogP contribution in [0.1, 0.15) is 33.6 Å². The minimum Gasteiger partial charge on any atom is -0.484 e.